The summed E-state index contributed by atoms with van der Waals surface area (Å²) in [6.07, 6.45) is 5.69. The number of hydrogen-bond donors (Lipinski definition) is 1. The molecule has 0 aromatic carbocycles. The highest BCUT2D eigenvalue weighted by Crippen LogP contribution is 2.24. The fourth-order valence-electron chi connectivity index (χ4n) is 2.85. The van der Waals surface area contributed by atoms with Crippen molar-refractivity contribution in [2.24, 2.45) is 0 Å². The van der Waals surface area contributed by atoms with Gasteiger partial charge in [0.05, 0.1) is 11.9 Å². The van der Waals surface area contributed by atoms with E-state index >= 15 is 0 Å². The lowest BCUT2D eigenvalue weighted by Gasteiger charge is -2.29. The van der Waals surface area contributed by atoms with Crippen LogP contribution in [0.15, 0.2) is 0 Å². The van der Waals surface area contributed by atoms with Gasteiger partial charge >= 0.3 is 5.97 Å². The highest BCUT2D eigenvalue weighted by atomic mass is 32.2. The summed E-state index contributed by atoms with van der Waals surface area (Å²) in [7, 11) is -3.45. The molecule has 118 valence electrons. The summed E-state index contributed by atoms with van der Waals surface area (Å²) in [5.41, 5.74) is 0. The van der Waals surface area contributed by atoms with Crippen LogP contribution >= 0.6 is 0 Å². The molecule has 6 heteroatoms. The van der Waals surface area contributed by atoms with Crippen molar-refractivity contribution in [3.05, 3.63) is 0 Å². The SMILES string of the molecule is CCNC1CCCCCCC1S(=O)(=O)CC(=O)OCC. The Balaban J connectivity index is 2.81. The average Bonchev–Trinajstić information content (AvgIpc) is 2.31. The Morgan fingerprint density at radius 2 is 1.80 bits per heavy atom. The largest absolute Gasteiger partial charge is 0.465 e. The third-order valence-electron chi connectivity index (χ3n) is 3.75. The van der Waals surface area contributed by atoms with Crippen molar-refractivity contribution in [1.29, 1.82) is 0 Å². The summed E-state index contributed by atoms with van der Waals surface area (Å²) >= 11 is 0. The maximum Gasteiger partial charge on any atom is 0.321 e. The zero-order valence-corrected chi connectivity index (χ0v) is 13.4. The Labute approximate surface area is 122 Å². The molecule has 1 rings (SSSR count). The molecule has 5 nitrogen and oxygen atoms in total. The van der Waals surface area contributed by atoms with Gasteiger partial charge in [-0.15, -0.1) is 0 Å². The maximum atomic E-state index is 12.5. The maximum absolute atomic E-state index is 12.5. The molecule has 2 atom stereocenters. The van der Waals surface area contributed by atoms with Crippen LogP contribution in [0.2, 0.25) is 0 Å². The Morgan fingerprint density at radius 1 is 1.15 bits per heavy atom. The lowest BCUT2D eigenvalue weighted by Crippen LogP contribution is -2.46. The quantitative estimate of drug-likeness (QED) is 0.756. The topological polar surface area (TPSA) is 72.5 Å². The van der Waals surface area contributed by atoms with Gasteiger partial charge in [-0.3, -0.25) is 4.79 Å². The second kappa shape index (κ2) is 8.62. The van der Waals surface area contributed by atoms with Crippen molar-refractivity contribution >= 4 is 15.8 Å². The van der Waals surface area contributed by atoms with Crippen LogP contribution in [0.4, 0.5) is 0 Å². The molecule has 20 heavy (non-hydrogen) atoms. The van der Waals surface area contributed by atoms with E-state index in [4.69, 9.17) is 4.74 Å². The van der Waals surface area contributed by atoms with Crippen LogP contribution in [0.25, 0.3) is 0 Å². The van der Waals surface area contributed by atoms with Crippen LogP contribution < -0.4 is 5.32 Å². The van der Waals surface area contributed by atoms with Crippen molar-refractivity contribution in [3.8, 4) is 0 Å². The predicted octanol–water partition coefficient (Wildman–Crippen LogP) is 1.67. The standard InChI is InChI=1S/C14H27NO4S/c1-3-15-12-9-7-5-6-8-10-13(12)20(17,18)11-14(16)19-4-2/h12-13,15H,3-11H2,1-2H3. The number of nitrogens with one attached hydrogen (secondary N) is 1. The molecule has 1 saturated carbocycles. The first-order chi connectivity index (χ1) is 9.51. The molecule has 0 saturated heterocycles. The molecule has 0 aromatic rings. The van der Waals surface area contributed by atoms with Crippen molar-refractivity contribution in [1.82, 2.24) is 5.32 Å². The van der Waals surface area contributed by atoms with Crippen molar-refractivity contribution < 1.29 is 17.9 Å². The van der Waals surface area contributed by atoms with Gasteiger partial charge in [-0.25, -0.2) is 8.42 Å². The fraction of sp³-hybridized carbons (Fsp3) is 0.929. The van der Waals surface area contributed by atoms with Crippen LogP contribution in [0.5, 0.6) is 0 Å². The fourth-order valence-corrected chi connectivity index (χ4v) is 4.73. The molecule has 0 spiro atoms. The Morgan fingerprint density at radius 3 is 2.40 bits per heavy atom. The number of sulfone groups is 1. The molecule has 0 amide bonds. The summed E-state index contributed by atoms with van der Waals surface area (Å²) in [5, 5.41) is 2.82. The predicted molar refractivity (Wildman–Crippen MR) is 79.4 cm³/mol. The number of esters is 1. The number of rotatable bonds is 6. The molecule has 0 radical (unpaired) electrons. The average molecular weight is 305 g/mol. The van der Waals surface area contributed by atoms with E-state index in [1.54, 1.807) is 6.92 Å². The van der Waals surface area contributed by atoms with Crippen molar-refractivity contribution in [3.63, 3.8) is 0 Å². The van der Waals surface area contributed by atoms with Gasteiger partial charge in [-0.05, 0) is 26.3 Å². The summed E-state index contributed by atoms with van der Waals surface area (Å²) in [4.78, 5) is 11.5. The van der Waals surface area contributed by atoms with Gasteiger partial charge in [0.2, 0.25) is 0 Å². The van der Waals surface area contributed by atoms with Gasteiger partial charge in [0.15, 0.2) is 9.84 Å². The smallest absolute Gasteiger partial charge is 0.321 e. The van der Waals surface area contributed by atoms with Crippen LogP contribution in [0.3, 0.4) is 0 Å². The van der Waals surface area contributed by atoms with Crippen LogP contribution in [-0.4, -0.2) is 44.6 Å². The molecular weight excluding hydrogens is 278 g/mol. The van der Waals surface area contributed by atoms with Gasteiger partial charge in [0, 0.05) is 6.04 Å². The third-order valence-corrected chi connectivity index (χ3v) is 5.88. The van der Waals surface area contributed by atoms with Crippen LogP contribution in [0, 0.1) is 0 Å². The van der Waals surface area contributed by atoms with Gasteiger partial charge in [-0.1, -0.05) is 32.6 Å². The zero-order valence-electron chi connectivity index (χ0n) is 12.6. The Kier molecular flexibility index (Phi) is 7.51. The first kappa shape index (κ1) is 17.4. The highest BCUT2D eigenvalue weighted by Gasteiger charge is 2.35. The van der Waals surface area contributed by atoms with E-state index < -0.39 is 26.8 Å². The van der Waals surface area contributed by atoms with Crippen LogP contribution in [-0.2, 0) is 19.4 Å². The molecule has 0 aliphatic heterocycles. The van der Waals surface area contributed by atoms with E-state index in [2.05, 4.69) is 5.32 Å². The molecule has 1 aliphatic carbocycles. The molecule has 1 N–H and O–H groups in total. The van der Waals surface area contributed by atoms with Crippen molar-refractivity contribution in [2.45, 2.75) is 63.7 Å². The van der Waals surface area contributed by atoms with Gasteiger partial charge < -0.3 is 10.1 Å². The molecule has 0 aromatic heterocycles. The van der Waals surface area contributed by atoms with E-state index in [0.29, 0.717) is 6.42 Å². The van der Waals surface area contributed by atoms with Crippen LogP contribution in [0.1, 0.15) is 52.4 Å². The summed E-state index contributed by atoms with van der Waals surface area (Å²) in [5.74, 6) is -1.13. The van der Waals surface area contributed by atoms with Crippen molar-refractivity contribution in [2.75, 3.05) is 18.9 Å². The van der Waals surface area contributed by atoms with E-state index in [-0.39, 0.29) is 12.6 Å². The van der Waals surface area contributed by atoms with E-state index in [0.717, 1.165) is 38.6 Å². The summed E-state index contributed by atoms with van der Waals surface area (Å²) in [6, 6.07) is -0.0419. The molecule has 0 bridgehead atoms. The number of hydrogen-bond acceptors (Lipinski definition) is 5. The Hall–Kier alpha value is -0.620. The molecule has 1 aliphatic rings. The molecule has 2 unspecified atom stereocenters. The minimum atomic E-state index is -3.45. The lowest BCUT2D eigenvalue weighted by molar-refractivity contribution is -0.139. The second-order valence-electron chi connectivity index (χ2n) is 5.31. The highest BCUT2D eigenvalue weighted by molar-refractivity contribution is 7.92. The van der Waals surface area contributed by atoms with E-state index in [1.165, 1.54) is 0 Å². The van der Waals surface area contributed by atoms with Gasteiger partial charge in [-0.2, -0.15) is 0 Å². The number of carbonyl (C=O) groups excluding carboxylic acids is 1. The lowest BCUT2D eigenvalue weighted by atomic mass is 9.96. The first-order valence-electron chi connectivity index (χ1n) is 7.61. The number of carbonyl (C=O) groups is 1. The Bertz CT molecular complexity index is 394. The third kappa shape index (κ3) is 5.40. The van der Waals surface area contributed by atoms with E-state index in [1.807, 2.05) is 6.92 Å². The molecule has 1 fully saturated rings. The zero-order chi connectivity index (χ0) is 15.0. The van der Waals surface area contributed by atoms with Gasteiger partial charge in [0.1, 0.15) is 5.75 Å². The monoisotopic (exact) mass is 305 g/mol. The van der Waals surface area contributed by atoms with E-state index in [9.17, 15) is 13.2 Å². The van der Waals surface area contributed by atoms with Gasteiger partial charge in [0.25, 0.3) is 0 Å². The first-order valence-corrected chi connectivity index (χ1v) is 9.33. The normalized spacial score (nSPS) is 24.7. The second-order valence-corrected chi connectivity index (χ2v) is 7.53. The minimum absolute atomic E-state index is 0.0419. The molecular formula is C14H27NO4S. The molecule has 0 heterocycles. The summed E-state index contributed by atoms with van der Waals surface area (Å²) < 4.78 is 29.7. The number of ether oxygens (including phenoxy) is 1. The minimum Gasteiger partial charge on any atom is -0.465 e. The summed E-state index contributed by atoms with van der Waals surface area (Å²) in [6.45, 7) is 4.63.